The lowest BCUT2D eigenvalue weighted by Crippen LogP contribution is -2.07. The molecule has 7 heteroatoms. The summed E-state index contributed by atoms with van der Waals surface area (Å²) in [5.74, 6) is 0. The third-order valence-electron chi connectivity index (χ3n) is 2.11. The topological polar surface area (TPSA) is 84.8 Å². The highest BCUT2D eigenvalue weighted by atomic mass is 16.5. The molecular formula is C10H13N5O2. The second-order valence-corrected chi connectivity index (χ2v) is 3.44. The monoisotopic (exact) mass is 235 g/mol. The number of anilines is 2. The SMILES string of the molecule is COCCn1cc(Nc2cn[nH]c(=O)c2)cn1. The molecule has 0 radical (unpaired) electrons. The first-order valence-corrected chi connectivity index (χ1v) is 5.11. The van der Waals surface area contributed by atoms with Crippen LogP contribution in [0.5, 0.6) is 0 Å². The Balaban J connectivity index is 2.03. The lowest BCUT2D eigenvalue weighted by molar-refractivity contribution is 0.183. The Labute approximate surface area is 97.4 Å². The van der Waals surface area contributed by atoms with Crippen molar-refractivity contribution in [1.82, 2.24) is 20.0 Å². The fourth-order valence-electron chi connectivity index (χ4n) is 1.35. The number of H-pyrrole nitrogens is 1. The van der Waals surface area contributed by atoms with Crippen molar-refractivity contribution < 1.29 is 4.74 Å². The Hall–Kier alpha value is -2.15. The van der Waals surface area contributed by atoms with E-state index < -0.39 is 0 Å². The highest BCUT2D eigenvalue weighted by molar-refractivity contribution is 5.56. The zero-order valence-corrected chi connectivity index (χ0v) is 9.38. The molecule has 0 bridgehead atoms. The summed E-state index contributed by atoms with van der Waals surface area (Å²) in [6.07, 6.45) is 5.05. The number of methoxy groups -OCH3 is 1. The molecule has 0 saturated heterocycles. The summed E-state index contributed by atoms with van der Waals surface area (Å²) in [4.78, 5) is 11.0. The number of nitrogens with one attached hydrogen (secondary N) is 2. The van der Waals surface area contributed by atoms with Gasteiger partial charge in [0.2, 0.25) is 0 Å². The van der Waals surface area contributed by atoms with E-state index in [2.05, 4.69) is 20.6 Å². The Morgan fingerprint density at radius 2 is 2.35 bits per heavy atom. The van der Waals surface area contributed by atoms with E-state index in [1.165, 1.54) is 12.3 Å². The van der Waals surface area contributed by atoms with Gasteiger partial charge in [-0.1, -0.05) is 0 Å². The third kappa shape index (κ3) is 3.15. The number of hydrogen-bond acceptors (Lipinski definition) is 5. The van der Waals surface area contributed by atoms with Crippen molar-refractivity contribution in [3.05, 3.63) is 35.0 Å². The van der Waals surface area contributed by atoms with Crippen molar-refractivity contribution in [3.63, 3.8) is 0 Å². The number of nitrogens with zero attached hydrogens (tertiary/aromatic N) is 3. The van der Waals surface area contributed by atoms with Gasteiger partial charge in [0, 0.05) is 19.4 Å². The minimum atomic E-state index is -0.248. The molecule has 0 fully saturated rings. The van der Waals surface area contributed by atoms with Crippen LogP contribution in [-0.4, -0.2) is 33.7 Å². The van der Waals surface area contributed by atoms with Crippen LogP contribution in [0.15, 0.2) is 29.5 Å². The van der Waals surface area contributed by atoms with Crippen LogP contribution >= 0.6 is 0 Å². The first-order valence-electron chi connectivity index (χ1n) is 5.11. The highest BCUT2D eigenvalue weighted by Gasteiger charge is 1.99. The van der Waals surface area contributed by atoms with Crippen LogP contribution in [0.1, 0.15) is 0 Å². The van der Waals surface area contributed by atoms with E-state index in [-0.39, 0.29) is 5.56 Å². The second-order valence-electron chi connectivity index (χ2n) is 3.44. The van der Waals surface area contributed by atoms with Crippen molar-refractivity contribution in [2.45, 2.75) is 6.54 Å². The molecule has 2 heterocycles. The molecule has 17 heavy (non-hydrogen) atoms. The molecule has 0 amide bonds. The van der Waals surface area contributed by atoms with Gasteiger partial charge in [0.1, 0.15) is 0 Å². The lowest BCUT2D eigenvalue weighted by atomic mass is 10.4. The molecule has 0 spiro atoms. The van der Waals surface area contributed by atoms with Gasteiger partial charge in [-0.15, -0.1) is 0 Å². The zero-order valence-electron chi connectivity index (χ0n) is 9.38. The predicted octanol–water partition coefficient (Wildman–Crippen LogP) is 0.356. The molecule has 7 nitrogen and oxygen atoms in total. The normalized spacial score (nSPS) is 10.4. The van der Waals surface area contributed by atoms with Crippen LogP contribution in [0.3, 0.4) is 0 Å². The van der Waals surface area contributed by atoms with Crippen molar-refractivity contribution in [3.8, 4) is 0 Å². The number of aromatic nitrogens is 4. The van der Waals surface area contributed by atoms with E-state index in [4.69, 9.17) is 4.74 Å². The van der Waals surface area contributed by atoms with Gasteiger partial charge in [-0.25, -0.2) is 5.10 Å². The molecule has 0 atom stereocenters. The second kappa shape index (κ2) is 5.26. The van der Waals surface area contributed by atoms with Gasteiger partial charge in [-0.2, -0.15) is 10.2 Å². The van der Waals surface area contributed by atoms with E-state index in [0.29, 0.717) is 18.8 Å². The Kier molecular flexibility index (Phi) is 3.51. The lowest BCUT2D eigenvalue weighted by Gasteiger charge is -2.01. The molecule has 0 aliphatic rings. The van der Waals surface area contributed by atoms with Gasteiger partial charge in [0.05, 0.1) is 36.9 Å². The van der Waals surface area contributed by atoms with Crippen LogP contribution in [0.2, 0.25) is 0 Å². The van der Waals surface area contributed by atoms with Crippen LogP contribution in [0.25, 0.3) is 0 Å². The minimum Gasteiger partial charge on any atom is -0.383 e. The predicted molar refractivity (Wildman–Crippen MR) is 62.2 cm³/mol. The molecule has 2 N–H and O–H groups in total. The average molecular weight is 235 g/mol. The van der Waals surface area contributed by atoms with Gasteiger partial charge < -0.3 is 10.1 Å². The number of ether oxygens (including phenoxy) is 1. The summed E-state index contributed by atoms with van der Waals surface area (Å²) in [6.45, 7) is 1.29. The van der Waals surface area contributed by atoms with Gasteiger partial charge in [0.15, 0.2) is 0 Å². The largest absolute Gasteiger partial charge is 0.383 e. The zero-order chi connectivity index (χ0) is 12.1. The first kappa shape index (κ1) is 11.3. The summed E-state index contributed by atoms with van der Waals surface area (Å²) in [7, 11) is 1.64. The quantitative estimate of drug-likeness (QED) is 0.781. The first-order chi connectivity index (χ1) is 8.28. The smallest absolute Gasteiger partial charge is 0.266 e. The summed E-state index contributed by atoms with van der Waals surface area (Å²) < 4.78 is 6.71. The van der Waals surface area contributed by atoms with Crippen molar-refractivity contribution in [2.24, 2.45) is 0 Å². The maximum Gasteiger partial charge on any atom is 0.266 e. The molecule has 2 aromatic heterocycles. The van der Waals surface area contributed by atoms with Gasteiger partial charge in [0.25, 0.3) is 5.56 Å². The number of aromatic amines is 1. The van der Waals surface area contributed by atoms with Crippen LogP contribution in [0.4, 0.5) is 11.4 Å². The van der Waals surface area contributed by atoms with E-state index in [9.17, 15) is 4.79 Å². The van der Waals surface area contributed by atoms with Crippen LogP contribution < -0.4 is 10.9 Å². The van der Waals surface area contributed by atoms with E-state index >= 15 is 0 Å². The molecule has 0 unspecified atom stereocenters. The van der Waals surface area contributed by atoms with E-state index in [1.54, 1.807) is 18.0 Å². The summed E-state index contributed by atoms with van der Waals surface area (Å²) >= 11 is 0. The molecule has 0 aliphatic heterocycles. The highest BCUT2D eigenvalue weighted by Crippen LogP contribution is 2.12. The molecular weight excluding hydrogens is 222 g/mol. The minimum absolute atomic E-state index is 0.248. The van der Waals surface area contributed by atoms with Crippen molar-refractivity contribution in [2.75, 3.05) is 19.0 Å². The fourth-order valence-corrected chi connectivity index (χ4v) is 1.35. The van der Waals surface area contributed by atoms with Crippen LogP contribution in [0, 0.1) is 0 Å². The third-order valence-corrected chi connectivity index (χ3v) is 2.11. The molecule has 0 saturated carbocycles. The number of hydrogen-bond donors (Lipinski definition) is 2. The van der Waals surface area contributed by atoms with Crippen LogP contribution in [-0.2, 0) is 11.3 Å². The molecule has 90 valence electrons. The van der Waals surface area contributed by atoms with Crippen molar-refractivity contribution in [1.29, 1.82) is 0 Å². The maximum absolute atomic E-state index is 11.0. The van der Waals surface area contributed by atoms with E-state index in [1.807, 2.05) is 6.20 Å². The van der Waals surface area contributed by atoms with Gasteiger partial charge in [-0.05, 0) is 0 Å². The molecule has 2 rings (SSSR count). The fraction of sp³-hybridized carbons (Fsp3) is 0.300. The molecule has 2 aromatic rings. The summed E-state index contributed by atoms with van der Waals surface area (Å²) in [5.41, 5.74) is 1.18. The van der Waals surface area contributed by atoms with E-state index in [0.717, 1.165) is 5.69 Å². The maximum atomic E-state index is 11.0. The van der Waals surface area contributed by atoms with Gasteiger partial charge in [-0.3, -0.25) is 9.48 Å². The number of rotatable bonds is 5. The Morgan fingerprint density at radius 1 is 1.47 bits per heavy atom. The standard InChI is InChI=1S/C10H13N5O2/c1-17-3-2-15-7-9(6-12-15)13-8-4-10(16)14-11-5-8/h4-7H,2-3H2,1H3,(H2,13,14,16). The summed E-state index contributed by atoms with van der Waals surface area (Å²) in [5, 5.41) is 13.2. The Bertz CT molecular complexity index is 533. The molecule has 0 aliphatic carbocycles. The average Bonchev–Trinajstić information content (AvgIpc) is 2.74. The summed E-state index contributed by atoms with van der Waals surface area (Å²) in [6, 6.07) is 1.43. The van der Waals surface area contributed by atoms with Gasteiger partial charge >= 0.3 is 0 Å². The molecule has 0 aromatic carbocycles. The van der Waals surface area contributed by atoms with Crippen molar-refractivity contribution >= 4 is 11.4 Å². The Morgan fingerprint density at radius 3 is 3.12 bits per heavy atom.